The van der Waals surface area contributed by atoms with E-state index in [9.17, 15) is 9.59 Å². The molecule has 1 aliphatic rings. The second kappa shape index (κ2) is 7.69. The maximum Gasteiger partial charge on any atom is 0.331 e. The van der Waals surface area contributed by atoms with E-state index in [0.29, 0.717) is 18.6 Å². The van der Waals surface area contributed by atoms with Gasteiger partial charge in [-0.2, -0.15) is 0 Å². The Bertz CT molecular complexity index is 605. The number of aryl methyl sites for hydroxylation is 1. The molecule has 24 heavy (non-hydrogen) atoms. The highest BCUT2D eigenvalue weighted by Gasteiger charge is 2.42. The minimum absolute atomic E-state index is 0.176. The molecule has 0 aliphatic heterocycles. The fraction of sp³-hybridized carbons (Fsp3) is 0.579. The van der Waals surface area contributed by atoms with Gasteiger partial charge in [-0.25, -0.2) is 4.79 Å². The topological polar surface area (TPSA) is 64.6 Å². The van der Waals surface area contributed by atoms with Crippen molar-refractivity contribution in [3.63, 3.8) is 0 Å². The molecule has 1 saturated carbocycles. The Morgan fingerprint density at radius 3 is 2.42 bits per heavy atom. The summed E-state index contributed by atoms with van der Waals surface area (Å²) in [6, 6.07) is 5.78. The maximum atomic E-state index is 12.8. The molecular formula is C19H27NO4. The number of methoxy groups -OCH3 is 2. The van der Waals surface area contributed by atoms with Crippen LogP contribution >= 0.6 is 0 Å². The minimum atomic E-state index is -0.893. The van der Waals surface area contributed by atoms with Crippen molar-refractivity contribution in [1.82, 2.24) is 5.32 Å². The normalized spacial score (nSPS) is 17.7. The molecular weight excluding hydrogens is 306 g/mol. The smallest absolute Gasteiger partial charge is 0.331 e. The number of carbonyl (C=O) groups excluding carboxylic acids is 2. The predicted molar refractivity (Wildman–Crippen MR) is 92.1 cm³/mol. The van der Waals surface area contributed by atoms with Crippen LogP contribution in [-0.2, 0) is 14.3 Å². The number of esters is 1. The van der Waals surface area contributed by atoms with E-state index in [2.05, 4.69) is 5.32 Å². The Morgan fingerprint density at radius 1 is 1.17 bits per heavy atom. The lowest BCUT2D eigenvalue weighted by Crippen LogP contribution is -2.57. The van der Waals surface area contributed by atoms with Crippen LogP contribution in [0.15, 0.2) is 18.2 Å². The van der Waals surface area contributed by atoms with Crippen molar-refractivity contribution in [2.24, 2.45) is 0 Å². The minimum Gasteiger partial charge on any atom is -0.496 e. The summed E-state index contributed by atoms with van der Waals surface area (Å²) < 4.78 is 10.4. The molecule has 1 aromatic rings. The molecule has 1 unspecified atom stereocenters. The van der Waals surface area contributed by atoms with E-state index < -0.39 is 11.5 Å². The van der Waals surface area contributed by atoms with E-state index in [1.165, 1.54) is 7.11 Å². The van der Waals surface area contributed by atoms with E-state index in [0.717, 1.165) is 30.4 Å². The molecule has 0 aromatic heterocycles. The van der Waals surface area contributed by atoms with Gasteiger partial charge in [-0.1, -0.05) is 31.4 Å². The lowest BCUT2D eigenvalue weighted by atomic mass is 9.81. The van der Waals surface area contributed by atoms with Crippen LogP contribution < -0.4 is 10.1 Å². The van der Waals surface area contributed by atoms with Gasteiger partial charge in [0, 0.05) is 5.56 Å². The van der Waals surface area contributed by atoms with Crippen LogP contribution in [0.5, 0.6) is 5.75 Å². The molecule has 1 fully saturated rings. The lowest BCUT2D eigenvalue weighted by molar-refractivity contribution is -0.152. The second-order valence-electron chi connectivity index (χ2n) is 6.59. The van der Waals surface area contributed by atoms with Crippen LogP contribution in [0.3, 0.4) is 0 Å². The zero-order valence-electron chi connectivity index (χ0n) is 15.0. The van der Waals surface area contributed by atoms with Gasteiger partial charge in [0.15, 0.2) is 0 Å². The number of benzene rings is 1. The van der Waals surface area contributed by atoms with Gasteiger partial charge < -0.3 is 14.8 Å². The first-order valence-corrected chi connectivity index (χ1v) is 8.48. The van der Waals surface area contributed by atoms with Crippen molar-refractivity contribution >= 4 is 11.9 Å². The summed E-state index contributed by atoms with van der Waals surface area (Å²) in [5.74, 6) is -0.250. The third-order valence-electron chi connectivity index (χ3n) is 4.89. The Balaban J connectivity index is 2.22. The molecule has 0 radical (unpaired) electrons. The van der Waals surface area contributed by atoms with Gasteiger partial charge in [-0.3, -0.25) is 4.79 Å². The standard InChI is InChI=1S/C19H27NO4/c1-13-8-9-15(16(12-13)23-3)14(2)17(21)20-19(18(22)24-4)10-6-5-7-11-19/h8-9,12,14H,5-7,10-11H2,1-4H3,(H,20,21). The number of hydrogen-bond acceptors (Lipinski definition) is 4. The van der Waals surface area contributed by atoms with Crippen molar-refractivity contribution in [2.75, 3.05) is 14.2 Å². The fourth-order valence-electron chi connectivity index (χ4n) is 3.39. The van der Waals surface area contributed by atoms with Crippen molar-refractivity contribution in [2.45, 2.75) is 57.4 Å². The Kier molecular flexibility index (Phi) is 5.86. The van der Waals surface area contributed by atoms with Gasteiger partial charge in [-0.05, 0) is 38.3 Å². The van der Waals surface area contributed by atoms with Crippen molar-refractivity contribution in [3.8, 4) is 5.75 Å². The molecule has 0 bridgehead atoms. The average Bonchev–Trinajstić information content (AvgIpc) is 2.60. The predicted octanol–water partition coefficient (Wildman–Crippen LogP) is 3.10. The number of nitrogens with one attached hydrogen (secondary N) is 1. The number of rotatable bonds is 5. The van der Waals surface area contributed by atoms with Crippen LogP contribution in [0, 0.1) is 6.92 Å². The third-order valence-corrected chi connectivity index (χ3v) is 4.89. The molecule has 5 heteroatoms. The van der Waals surface area contributed by atoms with Gasteiger partial charge in [-0.15, -0.1) is 0 Å². The zero-order chi connectivity index (χ0) is 17.7. The molecule has 0 saturated heterocycles. The quantitative estimate of drug-likeness (QED) is 0.841. The van der Waals surface area contributed by atoms with Crippen LogP contribution in [-0.4, -0.2) is 31.6 Å². The van der Waals surface area contributed by atoms with E-state index in [1.54, 1.807) is 7.11 Å². The monoisotopic (exact) mass is 333 g/mol. The second-order valence-corrected chi connectivity index (χ2v) is 6.59. The Morgan fingerprint density at radius 2 is 1.83 bits per heavy atom. The lowest BCUT2D eigenvalue weighted by Gasteiger charge is -2.36. The molecule has 2 rings (SSSR count). The SMILES string of the molecule is COC(=O)C1(NC(=O)C(C)c2ccc(C)cc2OC)CCCCC1. The van der Waals surface area contributed by atoms with Crippen molar-refractivity contribution in [1.29, 1.82) is 0 Å². The van der Waals surface area contributed by atoms with Crippen LogP contribution in [0.25, 0.3) is 0 Å². The summed E-state index contributed by atoms with van der Waals surface area (Å²) in [6.07, 6.45) is 4.16. The van der Waals surface area contributed by atoms with Crippen LogP contribution in [0.1, 0.15) is 56.1 Å². The number of ether oxygens (including phenoxy) is 2. The largest absolute Gasteiger partial charge is 0.496 e. The third kappa shape index (κ3) is 3.71. The summed E-state index contributed by atoms with van der Waals surface area (Å²) in [5, 5.41) is 2.98. The van der Waals surface area contributed by atoms with E-state index >= 15 is 0 Å². The molecule has 1 amide bonds. The molecule has 0 heterocycles. The first-order valence-electron chi connectivity index (χ1n) is 8.48. The molecule has 0 spiro atoms. The highest BCUT2D eigenvalue weighted by molar-refractivity contribution is 5.91. The van der Waals surface area contributed by atoms with Gasteiger partial charge >= 0.3 is 5.97 Å². The van der Waals surface area contributed by atoms with E-state index in [1.807, 2.05) is 32.0 Å². The van der Waals surface area contributed by atoms with Gasteiger partial charge in [0.05, 0.1) is 20.1 Å². The first kappa shape index (κ1) is 18.3. The Labute approximate surface area is 143 Å². The average molecular weight is 333 g/mol. The number of carbonyl (C=O) groups is 2. The highest BCUT2D eigenvalue weighted by atomic mass is 16.5. The summed E-state index contributed by atoms with van der Waals surface area (Å²) in [5.41, 5.74) is 0.994. The molecule has 5 nitrogen and oxygen atoms in total. The van der Waals surface area contributed by atoms with Gasteiger partial charge in [0.2, 0.25) is 5.91 Å². The summed E-state index contributed by atoms with van der Waals surface area (Å²) in [6.45, 7) is 3.81. The molecule has 1 aliphatic carbocycles. The Hall–Kier alpha value is -2.04. The molecule has 1 aromatic carbocycles. The van der Waals surface area contributed by atoms with Gasteiger partial charge in [0.1, 0.15) is 11.3 Å². The summed E-state index contributed by atoms with van der Waals surface area (Å²) in [7, 11) is 2.97. The van der Waals surface area contributed by atoms with Crippen molar-refractivity contribution in [3.05, 3.63) is 29.3 Å². The fourth-order valence-corrected chi connectivity index (χ4v) is 3.39. The summed E-state index contributed by atoms with van der Waals surface area (Å²) in [4.78, 5) is 25.1. The molecule has 1 atom stereocenters. The van der Waals surface area contributed by atoms with Crippen molar-refractivity contribution < 1.29 is 19.1 Å². The van der Waals surface area contributed by atoms with E-state index in [-0.39, 0.29) is 11.9 Å². The van der Waals surface area contributed by atoms with Gasteiger partial charge in [0.25, 0.3) is 0 Å². The maximum absolute atomic E-state index is 12.8. The zero-order valence-corrected chi connectivity index (χ0v) is 15.0. The highest BCUT2D eigenvalue weighted by Crippen LogP contribution is 2.32. The molecule has 132 valence electrons. The number of amides is 1. The number of hydrogen-bond donors (Lipinski definition) is 1. The van der Waals surface area contributed by atoms with E-state index in [4.69, 9.17) is 9.47 Å². The van der Waals surface area contributed by atoms with Crippen LogP contribution in [0.2, 0.25) is 0 Å². The molecule has 1 N–H and O–H groups in total. The first-order chi connectivity index (χ1) is 11.4. The van der Waals surface area contributed by atoms with Crippen LogP contribution in [0.4, 0.5) is 0 Å². The summed E-state index contributed by atoms with van der Waals surface area (Å²) >= 11 is 0.